The van der Waals surface area contributed by atoms with Gasteiger partial charge in [-0.1, -0.05) is 0 Å². The number of nitrogens with two attached hydrogens (primary N) is 1. The minimum atomic E-state index is -0.793. The summed E-state index contributed by atoms with van der Waals surface area (Å²) in [6, 6.07) is 2.00. The summed E-state index contributed by atoms with van der Waals surface area (Å²) in [7, 11) is 0. The summed E-state index contributed by atoms with van der Waals surface area (Å²) >= 11 is 0. The van der Waals surface area contributed by atoms with Crippen LogP contribution in [0.5, 0.6) is 0 Å². The normalized spacial score (nSPS) is 26.4. The Morgan fingerprint density at radius 2 is 2.46 bits per heavy atom. The molecule has 1 aliphatic rings. The van der Waals surface area contributed by atoms with E-state index in [0.717, 1.165) is 29.9 Å². The maximum atomic E-state index is 10.2. The van der Waals surface area contributed by atoms with Crippen molar-refractivity contribution in [3.05, 3.63) is 23.2 Å². The van der Waals surface area contributed by atoms with Crippen LogP contribution in [0.15, 0.2) is 10.5 Å². The minimum Gasteiger partial charge on any atom is -0.463 e. The lowest BCUT2D eigenvalue weighted by molar-refractivity contribution is 0.0110. The summed E-state index contributed by atoms with van der Waals surface area (Å²) in [5.74, 6) is 1.62. The number of aryl methyl sites for hydroxylation is 2. The zero-order chi connectivity index (χ0) is 9.47. The van der Waals surface area contributed by atoms with Gasteiger partial charge in [-0.25, -0.2) is 0 Å². The van der Waals surface area contributed by atoms with Crippen LogP contribution in [0.2, 0.25) is 0 Å². The van der Waals surface area contributed by atoms with Crippen molar-refractivity contribution in [3.63, 3.8) is 0 Å². The molecule has 0 bridgehead atoms. The molecule has 3 heteroatoms. The lowest BCUT2D eigenvalue weighted by Gasteiger charge is -2.20. The molecule has 2 rings (SSSR count). The number of rotatable bonds is 2. The van der Waals surface area contributed by atoms with Crippen LogP contribution in [0.4, 0.5) is 0 Å². The standard InChI is InChI=1S/C10H15NO2/c1-7-6-8-2-3-10(12,4-5-11)9(8)13-7/h6,12H,2-5,11H2,1H3. The first-order chi connectivity index (χ1) is 6.15. The molecule has 0 saturated carbocycles. The summed E-state index contributed by atoms with van der Waals surface area (Å²) in [5.41, 5.74) is 5.81. The van der Waals surface area contributed by atoms with Gasteiger partial charge in [0, 0.05) is 0 Å². The second-order valence-corrected chi connectivity index (χ2v) is 3.78. The van der Waals surface area contributed by atoms with Crippen LogP contribution in [0, 0.1) is 6.92 Å². The molecule has 0 fully saturated rings. The van der Waals surface area contributed by atoms with E-state index in [9.17, 15) is 5.11 Å². The first-order valence-electron chi connectivity index (χ1n) is 4.68. The molecule has 13 heavy (non-hydrogen) atoms. The van der Waals surface area contributed by atoms with Crippen molar-refractivity contribution in [2.45, 2.75) is 31.8 Å². The van der Waals surface area contributed by atoms with Gasteiger partial charge >= 0.3 is 0 Å². The molecule has 1 aromatic rings. The summed E-state index contributed by atoms with van der Waals surface area (Å²) < 4.78 is 5.49. The Balaban J connectivity index is 2.35. The average molecular weight is 181 g/mol. The van der Waals surface area contributed by atoms with Crippen LogP contribution in [0.25, 0.3) is 0 Å². The van der Waals surface area contributed by atoms with Crippen LogP contribution in [0.1, 0.15) is 29.9 Å². The van der Waals surface area contributed by atoms with Crippen LogP contribution < -0.4 is 5.73 Å². The van der Waals surface area contributed by atoms with E-state index >= 15 is 0 Å². The van der Waals surface area contributed by atoms with Gasteiger partial charge in [0.2, 0.25) is 0 Å². The third kappa shape index (κ3) is 1.28. The maximum Gasteiger partial charge on any atom is 0.138 e. The lowest BCUT2D eigenvalue weighted by Crippen LogP contribution is -2.25. The Morgan fingerprint density at radius 1 is 1.69 bits per heavy atom. The molecule has 1 aliphatic carbocycles. The van der Waals surface area contributed by atoms with E-state index in [4.69, 9.17) is 10.2 Å². The van der Waals surface area contributed by atoms with Crippen LogP contribution in [-0.4, -0.2) is 11.7 Å². The molecule has 0 radical (unpaired) electrons. The highest BCUT2D eigenvalue weighted by Gasteiger charge is 2.39. The van der Waals surface area contributed by atoms with Gasteiger partial charge in [0.15, 0.2) is 0 Å². The Labute approximate surface area is 77.5 Å². The van der Waals surface area contributed by atoms with Gasteiger partial charge in [-0.05, 0) is 44.4 Å². The average Bonchev–Trinajstić information content (AvgIpc) is 2.54. The zero-order valence-corrected chi connectivity index (χ0v) is 7.84. The van der Waals surface area contributed by atoms with Crippen molar-refractivity contribution in [1.82, 2.24) is 0 Å². The van der Waals surface area contributed by atoms with Crippen molar-refractivity contribution in [1.29, 1.82) is 0 Å². The topological polar surface area (TPSA) is 59.4 Å². The summed E-state index contributed by atoms with van der Waals surface area (Å²) in [6.07, 6.45) is 2.24. The van der Waals surface area contributed by atoms with Crippen molar-refractivity contribution in [2.24, 2.45) is 5.73 Å². The SMILES string of the molecule is Cc1cc2c(o1)C(O)(CCN)CC2. The first-order valence-corrected chi connectivity index (χ1v) is 4.68. The third-order valence-corrected chi connectivity index (χ3v) is 2.72. The van der Waals surface area contributed by atoms with Crippen molar-refractivity contribution in [3.8, 4) is 0 Å². The van der Waals surface area contributed by atoms with Crippen molar-refractivity contribution >= 4 is 0 Å². The third-order valence-electron chi connectivity index (χ3n) is 2.72. The largest absolute Gasteiger partial charge is 0.463 e. The molecule has 0 aromatic carbocycles. The molecule has 0 spiro atoms. The Hall–Kier alpha value is -0.800. The van der Waals surface area contributed by atoms with Gasteiger partial charge in [-0.3, -0.25) is 0 Å². The van der Waals surface area contributed by atoms with Gasteiger partial charge in [-0.15, -0.1) is 0 Å². The molecule has 1 unspecified atom stereocenters. The van der Waals surface area contributed by atoms with Crippen molar-refractivity contribution in [2.75, 3.05) is 6.54 Å². The van der Waals surface area contributed by atoms with E-state index in [1.54, 1.807) is 0 Å². The molecule has 3 N–H and O–H groups in total. The minimum absolute atomic E-state index is 0.496. The predicted octanol–water partition coefficient (Wildman–Crippen LogP) is 1.07. The van der Waals surface area contributed by atoms with E-state index < -0.39 is 5.60 Å². The van der Waals surface area contributed by atoms with Crippen LogP contribution in [-0.2, 0) is 12.0 Å². The van der Waals surface area contributed by atoms with E-state index in [-0.39, 0.29) is 0 Å². The predicted molar refractivity (Wildman–Crippen MR) is 49.3 cm³/mol. The highest BCUT2D eigenvalue weighted by atomic mass is 16.4. The first kappa shape index (κ1) is 8.78. The lowest BCUT2D eigenvalue weighted by atomic mass is 9.98. The molecular weight excluding hydrogens is 166 g/mol. The number of hydrogen-bond donors (Lipinski definition) is 2. The number of hydrogen-bond acceptors (Lipinski definition) is 3. The van der Waals surface area contributed by atoms with E-state index in [2.05, 4.69) is 0 Å². The molecule has 1 aromatic heterocycles. The molecule has 72 valence electrons. The quantitative estimate of drug-likeness (QED) is 0.717. The van der Waals surface area contributed by atoms with Gasteiger partial charge in [0.1, 0.15) is 17.1 Å². The molecular formula is C10H15NO2. The second kappa shape index (κ2) is 2.86. The molecule has 0 saturated heterocycles. The van der Waals surface area contributed by atoms with E-state index in [1.165, 1.54) is 0 Å². The second-order valence-electron chi connectivity index (χ2n) is 3.78. The Kier molecular flexibility index (Phi) is 1.93. The monoisotopic (exact) mass is 181 g/mol. The van der Waals surface area contributed by atoms with Crippen LogP contribution in [0.3, 0.4) is 0 Å². The molecule has 1 atom stereocenters. The fourth-order valence-electron chi connectivity index (χ4n) is 2.08. The van der Waals surface area contributed by atoms with Gasteiger partial charge in [0.25, 0.3) is 0 Å². The Bertz CT molecular complexity index is 319. The summed E-state index contributed by atoms with van der Waals surface area (Å²) in [5, 5.41) is 10.2. The Morgan fingerprint density at radius 3 is 3.15 bits per heavy atom. The highest BCUT2D eigenvalue weighted by molar-refractivity contribution is 5.31. The summed E-state index contributed by atoms with van der Waals surface area (Å²) in [6.45, 7) is 2.40. The fourth-order valence-corrected chi connectivity index (χ4v) is 2.08. The van der Waals surface area contributed by atoms with Gasteiger partial charge in [-0.2, -0.15) is 0 Å². The van der Waals surface area contributed by atoms with Gasteiger partial charge in [0.05, 0.1) is 0 Å². The van der Waals surface area contributed by atoms with Crippen LogP contribution >= 0.6 is 0 Å². The summed E-state index contributed by atoms with van der Waals surface area (Å²) in [4.78, 5) is 0. The van der Waals surface area contributed by atoms with Crippen molar-refractivity contribution < 1.29 is 9.52 Å². The molecule has 1 heterocycles. The zero-order valence-electron chi connectivity index (χ0n) is 7.84. The molecule has 0 amide bonds. The molecule has 3 nitrogen and oxygen atoms in total. The highest BCUT2D eigenvalue weighted by Crippen LogP contribution is 2.40. The van der Waals surface area contributed by atoms with Gasteiger partial charge < -0.3 is 15.3 Å². The molecule has 0 aliphatic heterocycles. The number of aliphatic hydroxyl groups is 1. The number of fused-ring (bicyclic) bond motifs is 1. The number of furan rings is 1. The maximum absolute atomic E-state index is 10.2. The van der Waals surface area contributed by atoms with E-state index in [0.29, 0.717) is 13.0 Å². The smallest absolute Gasteiger partial charge is 0.138 e. The fraction of sp³-hybridized carbons (Fsp3) is 0.600. The van der Waals surface area contributed by atoms with E-state index in [1.807, 2.05) is 13.0 Å².